The van der Waals surface area contributed by atoms with Crippen molar-refractivity contribution in [2.45, 2.75) is 19.9 Å². The molecule has 5 heteroatoms. The number of amides is 1. The lowest BCUT2D eigenvalue weighted by Gasteiger charge is -2.10. The number of nitrogens with two attached hydrogens (primary N) is 1. The van der Waals surface area contributed by atoms with Crippen LogP contribution in [0.2, 0.25) is 0 Å². The fourth-order valence-electron chi connectivity index (χ4n) is 2.31. The summed E-state index contributed by atoms with van der Waals surface area (Å²) in [6.45, 7) is 3.76. The average molecular weight is 283 g/mol. The van der Waals surface area contributed by atoms with Gasteiger partial charge in [0.25, 0.3) is 5.91 Å². The number of nitrogens with one attached hydrogen (secondary N) is 2. The average Bonchev–Trinajstić information content (AvgIpc) is 3.04. The van der Waals surface area contributed by atoms with E-state index in [0.717, 1.165) is 22.4 Å². The van der Waals surface area contributed by atoms with Crippen LogP contribution in [-0.2, 0) is 0 Å². The molecule has 4 N–H and O–H groups in total. The molecule has 1 unspecified atom stereocenters. The molecular weight excluding hydrogens is 266 g/mol. The van der Waals surface area contributed by atoms with Gasteiger partial charge in [-0.3, -0.25) is 4.79 Å². The summed E-state index contributed by atoms with van der Waals surface area (Å²) in [7, 11) is 0. The summed E-state index contributed by atoms with van der Waals surface area (Å²) in [5, 5.41) is 3.82. The standard InChI is InChI=1S/C16H17N3O2/c1-9-3-6-15(21-9)10(2)18-16(20)14-8-11-7-12(17)4-5-13(11)19-14/h3-8,10,19H,17H2,1-2H3,(H,18,20). The number of carbonyl (C=O) groups excluding carboxylic acids is 1. The Kier molecular flexibility index (Phi) is 3.17. The topological polar surface area (TPSA) is 84.0 Å². The number of H-pyrrole nitrogens is 1. The van der Waals surface area contributed by atoms with Crippen LogP contribution in [0.3, 0.4) is 0 Å². The summed E-state index contributed by atoms with van der Waals surface area (Å²) in [6.07, 6.45) is 0. The van der Waals surface area contributed by atoms with Gasteiger partial charge in [0.15, 0.2) is 0 Å². The van der Waals surface area contributed by atoms with Gasteiger partial charge in [-0.25, -0.2) is 0 Å². The molecule has 3 rings (SSSR count). The Bertz CT molecular complexity index is 801. The highest BCUT2D eigenvalue weighted by Crippen LogP contribution is 2.20. The van der Waals surface area contributed by atoms with Gasteiger partial charge < -0.3 is 20.5 Å². The Morgan fingerprint density at radius 3 is 2.81 bits per heavy atom. The Morgan fingerprint density at radius 2 is 2.10 bits per heavy atom. The number of carbonyl (C=O) groups is 1. The Hall–Kier alpha value is -2.69. The number of aromatic amines is 1. The number of rotatable bonds is 3. The maximum absolute atomic E-state index is 12.3. The molecule has 0 spiro atoms. The maximum atomic E-state index is 12.3. The van der Waals surface area contributed by atoms with E-state index in [4.69, 9.17) is 10.2 Å². The van der Waals surface area contributed by atoms with E-state index < -0.39 is 0 Å². The second kappa shape index (κ2) is 5.01. The third kappa shape index (κ3) is 2.63. The van der Waals surface area contributed by atoms with Gasteiger partial charge in [-0.2, -0.15) is 0 Å². The SMILES string of the molecule is Cc1ccc(C(C)NC(=O)c2cc3cc(N)ccc3[nH]2)o1. The van der Waals surface area contributed by atoms with Gasteiger partial charge in [-0.1, -0.05) is 0 Å². The van der Waals surface area contributed by atoms with Crippen molar-refractivity contribution in [1.82, 2.24) is 10.3 Å². The summed E-state index contributed by atoms with van der Waals surface area (Å²) in [5.74, 6) is 1.39. The van der Waals surface area contributed by atoms with Crippen molar-refractivity contribution in [1.29, 1.82) is 0 Å². The number of hydrogen-bond donors (Lipinski definition) is 3. The van der Waals surface area contributed by atoms with Gasteiger partial charge in [0.1, 0.15) is 17.2 Å². The van der Waals surface area contributed by atoms with E-state index in [0.29, 0.717) is 11.4 Å². The van der Waals surface area contributed by atoms with Crippen molar-refractivity contribution in [3.63, 3.8) is 0 Å². The summed E-state index contributed by atoms with van der Waals surface area (Å²) in [4.78, 5) is 15.4. The molecule has 0 fully saturated rings. The van der Waals surface area contributed by atoms with E-state index in [1.165, 1.54) is 0 Å². The number of anilines is 1. The van der Waals surface area contributed by atoms with Gasteiger partial charge in [-0.15, -0.1) is 0 Å². The number of nitrogen functional groups attached to an aromatic ring is 1. The van der Waals surface area contributed by atoms with Crippen LogP contribution in [0.4, 0.5) is 5.69 Å². The number of fused-ring (bicyclic) bond motifs is 1. The third-order valence-electron chi connectivity index (χ3n) is 3.42. The van der Waals surface area contributed by atoms with Crippen molar-refractivity contribution >= 4 is 22.5 Å². The van der Waals surface area contributed by atoms with E-state index in [1.54, 1.807) is 12.1 Å². The fourth-order valence-corrected chi connectivity index (χ4v) is 2.31. The zero-order valence-electron chi connectivity index (χ0n) is 11.9. The summed E-state index contributed by atoms with van der Waals surface area (Å²) in [6, 6.07) is 10.8. The quantitative estimate of drug-likeness (QED) is 0.646. The molecule has 0 saturated carbocycles. The van der Waals surface area contributed by atoms with Gasteiger partial charge in [0.05, 0.1) is 6.04 Å². The van der Waals surface area contributed by atoms with E-state index >= 15 is 0 Å². The molecular formula is C16H17N3O2. The molecule has 3 aromatic rings. The molecule has 0 aliphatic rings. The minimum atomic E-state index is -0.192. The summed E-state index contributed by atoms with van der Waals surface area (Å²) < 4.78 is 5.52. The zero-order chi connectivity index (χ0) is 15.0. The van der Waals surface area contributed by atoms with Crippen molar-refractivity contribution in [2.75, 3.05) is 5.73 Å². The lowest BCUT2D eigenvalue weighted by molar-refractivity contribution is 0.0931. The molecule has 1 aromatic carbocycles. The summed E-state index contributed by atoms with van der Waals surface area (Å²) >= 11 is 0. The number of furan rings is 1. The first-order chi connectivity index (χ1) is 10.0. The van der Waals surface area contributed by atoms with Crippen LogP contribution in [-0.4, -0.2) is 10.9 Å². The second-order valence-corrected chi connectivity index (χ2v) is 5.17. The Balaban J connectivity index is 1.80. The number of aryl methyl sites for hydroxylation is 1. The first kappa shape index (κ1) is 13.3. The van der Waals surface area contributed by atoms with Crippen LogP contribution in [0.15, 0.2) is 40.8 Å². The first-order valence-corrected chi connectivity index (χ1v) is 6.78. The van der Waals surface area contributed by atoms with Gasteiger partial charge in [0.2, 0.25) is 0 Å². The summed E-state index contributed by atoms with van der Waals surface area (Å²) in [5.41, 5.74) is 7.81. The van der Waals surface area contributed by atoms with Crippen LogP contribution in [0, 0.1) is 6.92 Å². The molecule has 0 bridgehead atoms. The molecule has 0 aliphatic carbocycles. The van der Waals surface area contributed by atoms with Crippen LogP contribution >= 0.6 is 0 Å². The molecule has 1 amide bonds. The van der Waals surface area contributed by atoms with E-state index in [-0.39, 0.29) is 11.9 Å². The minimum Gasteiger partial charge on any atom is -0.464 e. The van der Waals surface area contributed by atoms with Crippen LogP contribution in [0.25, 0.3) is 10.9 Å². The van der Waals surface area contributed by atoms with Crippen LogP contribution < -0.4 is 11.1 Å². The predicted octanol–water partition coefficient (Wildman–Crippen LogP) is 3.14. The normalized spacial score (nSPS) is 12.5. The molecule has 2 heterocycles. The highest BCUT2D eigenvalue weighted by atomic mass is 16.3. The first-order valence-electron chi connectivity index (χ1n) is 6.78. The highest BCUT2D eigenvalue weighted by molar-refractivity contribution is 5.98. The van der Waals surface area contributed by atoms with E-state index in [1.807, 2.05) is 38.1 Å². The predicted molar refractivity (Wildman–Crippen MR) is 82.0 cm³/mol. The largest absolute Gasteiger partial charge is 0.464 e. The monoisotopic (exact) mass is 283 g/mol. The molecule has 5 nitrogen and oxygen atoms in total. The van der Waals surface area contributed by atoms with Crippen molar-refractivity contribution < 1.29 is 9.21 Å². The van der Waals surface area contributed by atoms with E-state index in [9.17, 15) is 4.79 Å². The van der Waals surface area contributed by atoms with Crippen molar-refractivity contribution in [3.8, 4) is 0 Å². The zero-order valence-corrected chi connectivity index (χ0v) is 11.9. The van der Waals surface area contributed by atoms with Gasteiger partial charge >= 0.3 is 0 Å². The second-order valence-electron chi connectivity index (χ2n) is 5.17. The van der Waals surface area contributed by atoms with Crippen LogP contribution in [0.5, 0.6) is 0 Å². The number of benzene rings is 1. The Labute approximate surface area is 122 Å². The molecule has 2 aromatic heterocycles. The van der Waals surface area contributed by atoms with Crippen molar-refractivity contribution in [3.05, 3.63) is 53.6 Å². The molecule has 1 atom stereocenters. The lowest BCUT2D eigenvalue weighted by atomic mass is 10.2. The molecule has 108 valence electrons. The molecule has 0 radical (unpaired) electrons. The fraction of sp³-hybridized carbons (Fsp3) is 0.188. The number of hydrogen-bond acceptors (Lipinski definition) is 3. The highest BCUT2D eigenvalue weighted by Gasteiger charge is 2.15. The van der Waals surface area contributed by atoms with Crippen LogP contribution in [0.1, 0.15) is 35.0 Å². The Morgan fingerprint density at radius 1 is 1.29 bits per heavy atom. The molecule has 21 heavy (non-hydrogen) atoms. The van der Waals surface area contributed by atoms with Crippen molar-refractivity contribution in [2.24, 2.45) is 0 Å². The minimum absolute atomic E-state index is 0.175. The van der Waals surface area contributed by atoms with E-state index in [2.05, 4.69) is 10.3 Å². The third-order valence-corrected chi connectivity index (χ3v) is 3.42. The lowest BCUT2D eigenvalue weighted by Crippen LogP contribution is -2.26. The van der Waals surface area contributed by atoms with Gasteiger partial charge in [0, 0.05) is 16.6 Å². The maximum Gasteiger partial charge on any atom is 0.268 e. The smallest absolute Gasteiger partial charge is 0.268 e. The van der Waals surface area contributed by atoms with Gasteiger partial charge in [-0.05, 0) is 50.2 Å². The molecule has 0 aliphatic heterocycles. The molecule has 0 saturated heterocycles. The number of aromatic nitrogens is 1.